The summed E-state index contributed by atoms with van der Waals surface area (Å²) in [7, 11) is 0. The molecule has 1 aromatic heterocycles. The Bertz CT molecular complexity index is 1250. The average Bonchev–Trinajstić information content (AvgIpc) is 2.86. The first-order valence-electron chi connectivity index (χ1n) is 13.2. The van der Waals surface area contributed by atoms with Crippen LogP contribution in [0.4, 0.5) is 18.9 Å². The van der Waals surface area contributed by atoms with E-state index in [2.05, 4.69) is 10.6 Å². The standard InChI is InChI=1S/C27H38F3N5O5/c1-14(2)13-18(34-25(38)21(32)15(3)4)24(37)33-17(10-7-8-12-31)23(36)20-16-9-5-6-11-19(16)40-26(39)22(20)35-27(28,29)30/h5-6,9,11,14-15,17-18,21,35H,7-8,10,12-13,31-32H2,1-4H3,(H,33,37)(H,34,38)/t17-,18-,21+/m0/s1. The van der Waals surface area contributed by atoms with Gasteiger partial charge in [-0.25, -0.2) is 4.79 Å². The van der Waals surface area contributed by atoms with Crippen molar-refractivity contribution in [1.29, 1.82) is 0 Å². The van der Waals surface area contributed by atoms with E-state index in [1.54, 1.807) is 13.8 Å². The summed E-state index contributed by atoms with van der Waals surface area (Å²) in [5.74, 6) is -2.42. The van der Waals surface area contributed by atoms with Crippen LogP contribution in [0.25, 0.3) is 11.0 Å². The molecule has 1 aromatic carbocycles. The van der Waals surface area contributed by atoms with Crippen molar-refractivity contribution in [3.05, 3.63) is 40.2 Å². The van der Waals surface area contributed by atoms with Gasteiger partial charge in [0.25, 0.3) is 0 Å². The summed E-state index contributed by atoms with van der Waals surface area (Å²) in [6.07, 6.45) is -3.98. The first kappa shape index (κ1) is 32.8. The van der Waals surface area contributed by atoms with Gasteiger partial charge in [0.2, 0.25) is 11.8 Å². The van der Waals surface area contributed by atoms with E-state index < -0.39 is 58.9 Å². The van der Waals surface area contributed by atoms with E-state index in [-0.39, 0.29) is 42.2 Å². The number of nitrogens with two attached hydrogens (primary N) is 2. The molecule has 2 amide bonds. The molecule has 1 heterocycles. The summed E-state index contributed by atoms with van der Waals surface area (Å²) >= 11 is 0. The lowest BCUT2D eigenvalue weighted by Gasteiger charge is -2.26. The number of rotatable bonds is 14. The number of unbranched alkanes of at least 4 members (excludes halogenated alkanes) is 1. The molecule has 0 fully saturated rings. The van der Waals surface area contributed by atoms with Gasteiger partial charge in [-0.1, -0.05) is 45.9 Å². The van der Waals surface area contributed by atoms with Crippen LogP contribution in [0.15, 0.2) is 33.5 Å². The maximum atomic E-state index is 13.9. The van der Waals surface area contributed by atoms with Crippen LogP contribution >= 0.6 is 0 Å². The van der Waals surface area contributed by atoms with Crippen LogP contribution in [0.1, 0.15) is 63.7 Å². The number of anilines is 1. The van der Waals surface area contributed by atoms with Crippen molar-refractivity contribution in [2.45, 2.75) is 77.8 Å². The molecule has 0 aliphatic heterocycles. The Morgan fingerprint density at radius 3 is 2.17 bits per heavy atom. The highest BCUT2D eigenvalue weighted by atomic mass is 19.4. The van der Waals surface area contributed by atoms with Crippen molar-refractivity contribution in [1.82, 2.24) is 10.6 Å². The second kappa shape index (κ2) is 14.3. The van der Waals surface area contributed by atoms with Crippen LogP contribution in [-0.2, 0) is 9.59 Å². The second-order valence-electron chi connectivity index (χ2n) is 10.4. The minimum atomic E-state index is -5.05. The van der Waals surface area contributed by atoms with Crippen LogP contribution in [0.2, 0.25) is 0 Å². The fourth-order valence-corrected chi connectivity index (χ4v) is 4.14. The fourth-order valence-electron chi connectivity index (χ4n) is 4.14. The van der Waals surface area contributed by atoms with Crippen molar-refractivity contribution < 1.29 is 32.0 Å². The average molecular weight is 570 g/mol. The van der Waals surface area contributed by atoms with Gasteiger partial charge < -0.3 is 26.5 Å². The van der Waals surface area contributed by atoms with Gasteiger partial charge in [0, 0.05) is 5.39 Å². The number of benzene rings is 1. The number of nitrogens with one attached hydrogen (secondary N) is 3. The Balaban J connectivity index is 2.54. The third-order valence-electron chi connectivity index (χ3n) is 6.27. The fraction of sp³-hybridized carbons (Fsp3) is 0.556. The summed E-state index contributed by atoms with van der Waals surface area (Å²) in [6, 6.07) is 2.40. The maximum Gasteiger partial charge on any atom is 0.482 e. The number of fused-ring (bicyclic) bond motifs is 1. The van der Waals surface area contributed by atoms with Crippen LogP contribution < -0.4 is 33.0 Å². The third-order valence-corrected chi connectivity index (χ3v) is 6.27. The minimum Gasteiger partial charge on any atom is -0.421 e. The molecule has 7 N–H and O–H groups in total. The van der Waals surface area contributed by atoms with E-state index in [0.29, 0.717) is 12.8 Å². The zero-order chi connectivity index (χ0) is 30.2. The molecule has 10 nitrogen and oxygen atoms in total. The van der Waals surface area contributed by atoms with Gasteiger partial charge >= 0.3 is 11.9 Å². The first-order chi connectivity index (χ1) is 18.7. The minimum absolute atomic E-state index is 0.0235. The maximum absolute atomic E-state index is 13.9. The number of hydrogen-bond acceptors (Lipinski definition) is 8. The van der Waals surface area contributed by atoms with Gasteiger partial charge in [-0.3, -0.25) is 19.7 Å². The van der Waals surface area contributed by atoms with Gasteiger partial charge in [0.15, 0.2) is 5.78 Å². The topological polar surface area (TPSA) is 170 Å². The molecule has 2 aromatic rings. The zero-order valence-electron chi connectivity index (χ0n) is 23.1. The summed E-state index contributed by atoms with van der Waals surface area (Å²) in [4.78, 5) is 52.5. The van der Waals surface area contributed by atoms with E-state index in [1.165, 1.54) is 24.3 Å². The smallest absolute Gasteiger partial charge is 0.421 e. The number of halogens is 3. The summed E-state index contributed by atoms with van der Waals surface area (Å²) in [6.45, 7) is 7.46. The van der Waals surface area contributed by atoms with Gasteiger partial charge in [0.05, 0.1) is 17.6 Å². The number of ketones is 1. The number of carbonyl (C=O) groups excluding carboxylic acids is 3. The predicted molar refractivity (Wildman–Crippen MR) is 146 cm³/mol. The number of alkyl halides is 3. The predicted octanol–water partition coefficient (Wildman–Crippen LogP) is 3.04. The van der Waals surface area contributed by atoms with Crippen molar-refractivity contribution >= 4 is 34.3 Å². The molecular formula is C27H38F3N5O5. The molecule has 0 spiro atoms. The van der Waals surface area contributed by atoms with Gasteiger partial charge in [-0.05, 0) is 50.1 Å². The van der Waals surface area contributed by atoms with E-state index in [9.17, 15) is 32.3 Å². The van der Waals surface area contributed by atoms with Gasteiger partial charge in [-0.15, -0.1) is 0 Å². The van der Waals surface area contributed by atoms with E-state index in [0.717, 1.165) is 5.32 Å². The van der Waals surface area contributed by atoms with Crippen molar-refractivity contribution in [3.63, 3.8) is 0 Å². The summed E-state index contributed by atoms with van der Waals surface area (Å²) in [5.41, 5.74) is 8.39. The quantitative estimate of drug-likeness (QED) is 0.100. The highest BCUT2D eigenvalue weighted by Gasteiger charge is 2.36. The largest absolute Gasteiger partial charge is 0.482 e. The second-order valence-corrected chi connectivity index (χ2v) is 10.4. The number of Topliss-reactive ketones (excluding diaryl/α,β-unsaturated/α-hetero) is 1. The molecule has 0 saturated heterocycles. The van der Waals surface area contributed by atoms with Crippen molar-refractivity contribution in [2.75, 3.05) is 11.9 Å². The van der Waals surface area contributed by atoms with Crippen LogP contribution in [-0.4, -0.2) is 48.6 Å². The van der Waals surface area contributed by atoms with Gasteiger partial charge in [0.1, 0.15) is 17.3 Å². The number of para-hydroxylation sites is 1. The molecule has 0 unspecified atom stereocenters. The highest BCUT2D eigenvalue weighted by Crippen LogP contribution is 2.29. The number of carbonyl (C=O) groups is 3. The molecule has 0 saturated carbocycles. The molecular weight excluding hydrogens is 531 g/mol. The molecule has 3 atom stereocenters. The molecule has 40 heavy (non-hydrogen) atoms. The Hall–Kier alpha value is -3.45. The molecule has 222 valence electrons. The lowest BCUT2D eigenvalue weighted by Crippen LogP contribution is -2.55. The number of amides is 2. The lowest BCUT2D eigenvalue weighted by molar-refractivity contribution is -0.130. The first-order valence-corrected chi connectivity index (χ1v) is 13.2. The molecule has 13 heteroatoms. The SMILES string of the molecule is CC(C)C[C@H](NC(=O)[C@H](N)C(C)C)C(=O)N[C@@H](CCCCN)C(=O)c1c(NC(F)(F)F)c(=O)oc2ccccc12. The van der Waals surface area contributed by atoms with Crippen LogP contribution in [0, 0.1) is 11.8 Å². The Kier molecular flexibility index (Phi) is 11.7. The summed E-state index contributed by atoms with van der Waals surface area (Å²) < 4.78 is 45.1. The summed E-state index contributed by atoms with van der Waals surface area (Å²) in [5, 5.41) is 6.33. The van der Waals surface area contributed by atoms with Gasteiger partial charge in [-0.2, -0.15) is 13.2 Å². The van der Waals surface area contributed by atoms with E-state index in [1.807, 2.05) is 13.8 Å². The van der Waals surface area contributed by atoms with Crippen molar-refractivity contribution in [2.24, 2.45) is 23.3 Å². The van der Waals surface area contributed by atoms with Crippen LogP contribution in [0.5, 0.6) is 0 Å². The Morgan fingerprint density at radius 2 is 1.60 bits per heavy atom. The Labute approximate surface area is 230 Å². The normalized spacial score (nSPS) is 14.2. The van der Waals surface area contributed by atoms with Crippen LogP contribution in [0.3, 0.4) is 0 Å². The van der Waals surface area contributed by atoms with E-state index in [4.69, 9.17) is 15.9 Å². The molecule has 0 bridgehead atoms. The Morgan fingerprint density at radius 1 is 0.975 bits per heavy atom. The molecule has 2 rings (SSSR count). The molecule has 0 radical (unpaired) electrons. The van der Waals surface area contributed by atoms with Crippen molar-refractivity contribution in [3.8, 4) is 0 Å². The lowest BCUT2D eigenvalue weighted by atomic mass is 9.94. The third kappa shape index (κ3) is 9.05. The van der Waals surface area contributed by atoms with E-state index >= 15 is 0 Å². The molecule has 0 aliphatic rings. The number of hydrogen-bond donors (Lipinski definition) is 5. The monoisotopic (exact) mass is 569 g/mol. The highest BCUT2D eigenvalue weighted by molar-refractivity contribution is 6.14. The zero-order valence-corrected chi connectivity index (χ0v) is 23.1. The molecule has 0 aliphatic carbocycles.